The molecule has 1 heterocycles. The highest BCUT2D eigenvalue weighted by Gasteiger charge is 2.15. The Hall–Kier alpha value is -0.410. The van der Waals surface area contributed by atoms with Crippen LogP contribution in [0.3, 0.4) is 0 Å². The van der Waals surface area contributed by atoms with Gasteiger partial charge in [-0.15, -0.1) is 11.3 Å². The van der Waals surface area contributed by atoms with E-state index in [0.29, 0.717) is 18.4 Å². The summed E-state index contributed by atoms with van der Waals surface area (Å²) in [5, 5.41) is 5.48. The second kappa shape index (κ2) is 6.14. The Morgan fingerprint density at radius 2 is 2.29 bits per heavy atom. The number of rotatable bonds is 6. The second-order valence-electron chi connectivity index (χ2n) is 3.73. The van der Waals surface area contributed by atoms with Crippen LogP contribution < -0.4 is 5.32 Å². The van der Waals surface area contributed by atoms with E-state index in [1.165, 1.54) is 4.88 Å². The van der Waals surface area contributed by atoms with Gasteiger partial charge in [0.15, 0.2) is 0 Å². The molecule has 0 aliphatic carbocycles. The minimum Gasteiger partial charge on any atom is -0.309 e. The summed E-state index contributed by atoms with van der Waals surface area (Å²) >= 11 is 1.76. The largest absolute Gasteiger partial charge is 0.309 e. The lowest BCUT2D eigenvalue weighted by atomic mass is 10.0. The van der Waals surface area contributed by atoms with E-state index < -0.39 is 0 Å². The van der Waals surface area contributed by atoms with Crippen LogP contribution in [0.1, 0.15) is 31.2 Å². The van der Waals surface area contributed by atoms with Gasteiger partial charge >= 0.3 is 0 Å². The lowest BCUT2D eigenvalue weighted by molar-refractivity contribution is 0.391. The van der Waals surface area contributed by atoms with Crippen LogP contribution in [0.25, 0.3) is 0 Å². The Balaban J connectivity index is 2.48. The molecule has 0 saturated heterocycles. The van der Waals surface area contributed by atoms with E-state index >= 15 is 0 Å². The fourth-order valence-electron chi connectivity index (χ4n) is 1.46. The smallest absolute Gasteiger partial charge is 0.0906 e. The quantitative estimate of drug-likeness (QED) is 0.717. The van der Waals surface area contributed by atoms with Gasteiger partial charge in [0.2, 0.25) is 0 Å². The molecule has 0 aliphatic heterocycles. The molecule has 1 unspecified atom stereocenters. The van der Waals surface area contributed by atoms with Gasteiger partial charge in [0.1, 0.15) is 0 Å². The zero-order valence-corrected chi connectivity index (χ0v) is 9.61. The molecule has 0 aliphatic rings. The Morgan fingerprint density at radius 1 is 1.50 bits per heavy atom. The Morgan fingerprint density at radius 3 is 2.79 bits per heavy atom. The highest BCUT2D eigenvalue weighted by molar-refractivity contribution is 7.10. The average Bonchev–Trinajstić information content (AvgIpc) is 2.64. The summed E-state index contributed by atoms with van der Waals surface area (Å²) in [5.74, 6) is 0.549. The van der Waals surface area contributed by atoms with Gasteiger partial charge < -0.3 is 5.32 Å². The number of hydrogen-bond acceptors (Lipinski definition) is 2. The lowest BCUT2D eigenvalue weighted by Gasteiger charge is -2.20. The van der Waals surface area contributed by atoms with Gasteiger partial charge in [0.05, 0.1) is 6.67 Å². The molecule has 1 N–H and O–H groups in total. The molecule has 1 aromatic rings. The molecule has 0 radical (unpaired) electrons. The predicted molar refractivity (Wildman–Crippen MR) is 60.5 cm³/mol. The van der Waals surface area contributed by atoms with E-state index in [9.17, 15) is 4.39 Å². The minimum atomic E-state index is -0.234. The first-order valence-corrected chi connectivity index (χ1v) is 5.96. The first kappa shape index (κ1) is 11.7. The summed E-state index contributed by atoms with van der Waals surface area (Å²) in [5.41, 5.74) is 0. The van der Waals surface area contributed by atoms with Crippen molar-refractivity contribution in [3.05, 3.63) is 22.4 Å². The fourth-order valence-corrected chi connectivity index (χ4v) is 2.43. The van der Waals surface area contributed by atoms with Crippen LogP contribution in [0.15, 0.2) is 17.5 Å². The molecule has 0 spiro atoms. The summed E-state index contributed by atoms with van der Waals surface area (Å²) in [6.07, 6.45) is 0.606. The Bertz CT molecular complexity index is 233. The van der Waals surface area contributed by atoms with Crippen LogP contribution in [-0.2, 0) is 0 Å². The van der Waals surface area contributed by atoms with Crippen molar-refractivity contribution in [2.75, 3.05) is 13.2 Å². The number of nitrogens with one attached hydrogen (secondary N) is 1. The molecule has 1 rings (SSSR count). The number of alkyl halides is 1. The van der Waals surface area contributed by atoms with Crippen LogP contribution in [0.5, 0.6) is 0 Å². The fraction of sp³-hybridized carbons (Fsp3) is 0.636. The van der Waals surface area contributed by atoms with E-state index in [1.54, 1.807) is 11.3 Å². The normalized spacial score (nSPS) is 13.4. The van der Waals surface area contributed by atoms with Crippen molar-refractivity contribution < 1.29 is 4.39 Å². The first-order chi connectivity index (χ1) is 6.75. The monoisotopic (exact) mass is 215 g/mol. The lowest BCUT2D eigenvalue weighted by Crippen LogP contribution is -2.26. The van der Waals surface area contributed by atoms with Crippen molar-refractivity contribution >= 4 is 11.3 Å². The molecule has 0 fully saturated rings. The molecule has 0 amide bonds. The second-order valence-corrected chi connectivity index (χ2v) is 4.71. The first-order valence-electron chi connectivity index (χ1n) is 5.08. The number of halogens is 1. The van der Waals surface area contributed by atoms with Crippen LogP contribution in [-0.4, -0.2) is 13.2 Å². The summed E-state index contributed by atoms with van der Waals surface area (Å²) in [6, 6.07) is 4.57. The average molecular weight is 215 g/mol. The standard InChI is InChI=1S/C11H18FNS/c1-9(2)11(13-7-4-6-12)10-5-3-8-14-10/h3,5,8-9,11,13H,4,6-7H2,1-2H3. The third kappa shape index (κ3) is 3.39. The zero-order chi connectivity index (χ0) is 10.4. The van der Waals surface area contributed by atoms with Gasteiger partial charge in [0, 0.05) is 10.9 Å². The van der Waals surface area contributed by atoms with Crippen LogP contribution >= 0.6 is 11.3 Å². The molecule has 0 bridgehead atoms. The summed E-state index contributed by atoms with van der Waals surface area (Å²) in [4.78, 5) is 1.35. The summed E-state index contributed by atoms with van der Waals surface area (Å²) in [6.45, 7) is 4.90. The predicted octanol–water partition coefficient (Wildman–Crippen LogP) is 3.39. The summed E-state index contributed by atoms with van der Waals surface area (Å²) in [7, 11) is 0. The summed E-state index contributed by atoms with van der Waals surface area (Å²) < 4.78 is 11.9. The third-order valence-electron chi connectivity index (χ3n) is 2.19. The number of thiophene rings is 1. The van der Waals surface area contributed by atoms with E-state index in [2.05, 4.69) is 36.7 Å². The van der Waals surface area contributed by atoms with Gasteiger partial charge in [0.25, 0.3) is 0 Å². The molecule has 14 heavy (non-hydrogen) atoms. The topological polar surface area (TPSA) is 12.0 Å². The van der Waals surface area contributed by atoms with Crippen molar-refractivity contribution in [3.8, 4) is 0 Å². The van der Waals surface area contributed by atoms with Crippen LogP contribution in [0.4, 0.5) is 4.39 Å². The van der Waals surface area contributed by atoms with Gasteiger partial charge in [-0.3, -0.25) is 4.39 Å². The van der Waals surface area contributed by atoms with Crippen LogP contribution in [0, 0.1) is 5.92 Å². The highest BCUT2D eigenvalue weighted by Crippen LogP contribution is 2.25. The molecule has 0 aromatic carbocycles. The Labute approximate surface area is 89.3 Å². The van der Waals surface area contributed by atoms with Crippen molar-refractivity contribution in [2.24, 2.45) is 5.92 Å². The molecule has 1 atom stereocenters. The van der Waals surface area contributed by atoms with Gasteiger partial charge in [-0.05, 0) is 30.3 Å². The van der Waals surface area contributed by atoms with E-state index in [-0.39, 0.29) is 6.67 Å². The maximum absolute atomic E-state index is 11.9. The maximum atomic E-state index is 11.9. The SMILES string of the molecule is CC(C)C(NCCCF)c1cccs1. The van der Waals surface area contributed by atoms with Crippen molar-refractivity contribution in [1.29, 1.82) is 0 Å². The molecule has 0 saturated carbocycles. The molecular formula is C11H18FNS. The Kier molecular flexibility index (Phi) is 5.12. The van der Waals surface area contributed by atoms with Crippen molar-refractivity contribution in [2.45, 2.75) is 26.3 Å². The van der Waals surface area contributed by atoms with E-state index in [4.69, 9.17) is 0 Å². The van der Waals surface area contributed by atoms with E-state index in [0.717, 1.165) is 6.54 Å². The van der Waals surface area contributed by atoms with Crippen molar-refractivity contribution in [1.82, 2.24) is 5.32 Å². The molecule has 1 aromatic heterocycles. The van der Waals surface area contributed by atoms with E-state index in [1.807, 2.05) is 0 Å². The molecule has 1 nitrogen and oxygen atoms in total. The van der Waals surface area contributed by atoms with Gasteiger partial charge in [-0.1, -0.05) is 19.9 Å². The minimum absolute atomic E-state index is 0.234. The third-order valence-corrected chi connectivity index (χ3v) is 3.15. The van der Waals surface area contributed by atoms with Crippen LogP contribution in [0.2, 0.25) is 0 Å². The van der Waals surface area contributed by atoms with Gasteiger partial charge in [-0.25, -0.2) is 0 Å². The molecular weight excluding hydrogens is 197 g/mol. The maximum Gasteiger partial charge on any atom is 0.0906 e. The highest BCUT2D eigenvalue weighted by atomic mass is 32.1. The zero-order valence-electron chi connectivity index (χ0n) is 8.79. The van der Waals surface area contributed by atoms with Crippen molar-refractivity contribution in [3.63, 3.8) is 0 Å². The van der Waals surface area contributed by atoms with Gasteiger partial charge in [-0.2, -0.15) is 0 Å². The number of hydrogen-bond donors (Lipinski definition) is 1. The molecule has 80 valence electrons. The molecule has 3 heteroatoms.